The fraction of sp³-hybridized carbons (Fsp3) is 0.241. The SMILES string of the molecule is C[C@H](CCc1nc2cc(C(=O)N[C@H](C)c3ccc(F)cc3)ccc2nc1-c1ccc(F)cc1)CC(=O)O. The van der Waals surface area contributed by atoms with Crippen molar-refractivity contribution in [3.05, 3.63) is 95.2 Å². The van der Waals surface area contributed by atoms with E-state index in [1.807, 2.05) is 13.8 Å². The molecule has 0 aliphatic heterocycles. The number of carboxylic acids is 1. The van der Waals surface area contributed by atoms with Gasteiger partial charge in [0.05, 0.1) is 28.5 Å². The first kappa shape index (κ1) is 25.9. The Morgan fingerprint density at radius 3 is 2.19 bits per heavy atom. The molecule has 8 heteroatoms. The summed E-state index contributed by atoms with van der Waals surface area (Å²) in [6, 6.07) is 16.6. The van der Waals surface area contributed by atoms with E-state index in [0.717, 1.165) is 5.56 Å². The molecular weight excluding hydrogens is 476 g/mol. The summed E-state index contributed by atoms with van der Waals surface area (Å²) in [4.78, 5) is 33.6. The van der Waals surface area contributed by atoms with Crippen molar-refractivity contribution >= 4 is 22.9 Å². The Morgan fingerprint density at radius 2 is 1.54 bits per heavy atom. The summed E-state index contributed by atoms with van der Waals surface area (Å²) in [5.41, 5.74) is 4.21. The Hall–Kier alpha value is -4.20. The highest BCUT2D eigenvalue weighted by Crippen LogP contribution is 2.27. The minimum absolute atomic E-state index is 0.0451. The zero-order valence-corrected chi connectivity index (χ0v) is 20.5. The lowest BCUT2D eigenvalue weighted by Gasteiger charge is -2.15. The van der Waals surface area contributed by atoms with Crippen molar-refractivity contribution in [3.8, 4) is 11.3 Å². The van der Waals surface area contributed by atoms with E-state index < -0.39 is 5.97 Å². The first-order valence-electron chi connectivity index (χ1n) is 12.0. The highest BCUT2D eigenvalue weighted by molar-refractivity contribution is 5.97. The lowest BCUT2D eigenvalue weighted by molar-refractivity contribution is -0.138. The second-order valence-electron chi connectivity index (χ2n) is 9.22. The molecule has 0 spiro atoms. The van der Waals surface area contributed by atoms with Gasteiger partial charge in [-0.05, 0) is 85.8 Å². The molecule has 3 aromatic carbocycles. The van der Waals surface area contributed by atoms with Gasteiger partial charge in [0.25, 0.3) is 5.91 Å². The minimum atomic E-state index is -0.860. The Labute approximate surface area is 213 Å². The average molecular weight is 504 g/mol. The van der Waals surface area contributed by atoms with E-state index in [1.54, 1.807) is 42.5 Å². The highest BCUT2D eigenvalue weighted by Gasteiger charge is 2.17. The van der Waals surface area contributed by atoms with Gasteiger partial charge in [-0.25, -0.2) is 18.7 Å². The monoisotopic (exact) mass is 503 g/mol. The number of nitrogens with one attached hydrogen (secondary N) is 1. The van der Waals surface area contributed by atoms with Crippen LogP contribution in [0.4, 0.5) is 8.78 Å². The van der Waals surface area contributed by atoms with Crippen LogP contribution in [0.1, 0.15) is 54.3 Å². The van der Waals surface area contributed by atoms with Crippen LogP contribution in [0, 0.1) is 17.6 Å². The van der Waals surface area contributed by atoms with E-state index in [9.17, 15) is 18.4 Å². The number of aliphatic carboxylic acids is 1. The standard InChI is InChI=1S/C29H27F2N3O3/c1-17(15-27(35)36)3-13-25-28(20-6-11-23(31)12-7-20)34-24-14-8-21(16-26(24)33-25)29(37)32-18(2)19-4-9-22(30)10-5-19/h4-12,14,16-18H,3,13,15H2,1-2H3,(H,32,37)(H,35,36)/t17-,18-/m1/s1. The number of amides is 1. The summed E-state index contributed by atoms with van der Waals surface area (Å²) >= 11 is 0. The molecule has 6 nitrogen and oxygen atoms in total. The Morgan fingerprint density at radius 1 is 0.892 bits per heavy atom. The molecule has 2 N–H and O–H groups in total. The van der Waals surface area contributed by atoms with Crippen LogP contribution in [0.2, 0.25) is 0 Å². The van der Waals surface area contributed by atoms with Crippen LogP contribution < -0.4 is 5.32 Å². The van der Waals surface area contributed by atoms with Gasteiger partial charge in [0, 0.05) is 17.5 Å². The maximum Gasteiger partial charge on any atom is 0.303 e. The molecule has 4 rings (SSSR count). The molecule has 0 unspecified atom stereocenters. The molecule has 0 bridgehead atoms. The number of benzene rings is 3. The van der Waals surface area contributed by atoms with E-state index in [2.05, 4.69) is 5.32 Å². The number of hydrogen-bond donors (Lipinski definition) is 2. The quantitative estimate of drug-likeness (QED) is 0.288. The predicted molar refractivity (Wildman–Crippen MR) is 137 cm³/mol. The molecule has 0 fully saturated rings. The number of carbonyl (C=O) groups is 2. The van der Waals surface area contributed by atoms with Crippen LogP contribution in [0.15, 0.2) is 66.7 Å². The number of aromatic nitrogens is 2. The number of hydrogen-bond acceptors (Lipinski definition) is 4. The molecule has 0 saturated heterocycles. The molecule has 37 heavy (non-hydrogen) atoms. The van der Waals surface area contributed by atoms with Gasteiger partial charge in [0.2, 0.25) is 0 Å². The molecule has 4 aromatic rings. The van der Waals surface area contributed by atoms with E-state index >= 15 is 0 Å². The van der Waals surface area contributed by atoms with E-state index in [1.165, 1.54) is 24.3 Å². The first-order valence-corrected chi connectivity index (χ1v) is 12.0. The third-order valence-electron chi connectivity index (χ3n) is 6.23. The van der Waals surface area contributed by atoms with Crippen molar-refractivity contribution in [2.45, 2.75) is 39.2 Å². The maximum absolute atomic E-state index is 13.5. The van der Waals surface area contributed by atoms with Gasteiger partial charge in [0.1, 0.15) is 11.6 Å². The van der Waals surface area contributed by atoms with Crippen molar-refractivity contribution < 1.29 is 23.5 Å². The van der Waals surface area contributed by atoms with Crippen LogP contribution >= 0.6 is 0 Å². The molecule has 190 valence electrons. The third-order valence-corrected chi connectivity index (χ3v) is 6.23. The number of aryl methyl sites for hydroxylation is 1. The number of carbonyl (C=O) groups excluding carboxylic acids is 1. The van der Waals surface area contributed by atoms with Crippen molar-refractivity contribution in [3.63, 3.8) is 0 Å². The highest BCUT2D eigenvalue weighted by atomic mass is 19.1. The zero-order valence-electron chi connectivity index (χ0n) is 20.5. The van der Waals surface area contributed by atoms with E-state index in [-0.39, 0.29) is 35.9 Å². The molecule has 1 heterocycles. The number of halogens is 2. The first-order chi connectivity index (χ1) is 17.7. The summed E-state index contributed by atoms with van der Waals surface area (Å²) in [5.74, 6) is -1.94. The second kappa shape index (κ2) is 11.2. The van der Waals surface area contributed by atoms with Crippen molar-refractivity contribution in [2.24, 2.45) is 5.92 Å². The number of carboxylic acid groups (broad SMARTS) is 1. The second-order valence-corrected chi connectivity index (χ2v) is 9.22. The number of rotatable bonds is 9. The lowest BCUT2D eigenvalue weighted by Crippen LogP contribution is -2.26. The summed E-state index contributed by atoms with van der Waals surface area (Å²) in [6.07, 6.45) is 1.10. The molecular formula is C29H27F2N3O3. The molecule has 1 amide bonds. The molecule has 0 saturated carbocycles. The number of fused-ring (bicyclic) bond motifs is 1. The summed E-state index contributed by atoms with van der Waals surface area (Å²) < 4.78 is 26.7. The van der Waals surface area contributed by atoms with Gasteiger partial charge in [-0.1, -0.05) is 19.1 Å². The molecule has 1 aromatic heterocycles. The summed E-state index contributed by atoms with van der Waals surface area (Å²) in [5, 5.41) is 12.0. The fourth-order valence-corrected chi connectivity index (χ4v) is 4.14. The summed E-state index contributed by atoms with van der Waals surface area (Å²) in [6.45, 7) is 3.68. The van der Waals surface area contributed by atoms with Gasteiger partial charge in [-0.3, -0.25) is 9.59 Å². The molecule has 0 aliphatic rings. The largest absolute Gasteiger partial charge is 0.481 e. The molecule has 2 atom stereocenters. The van der Waals surface area contributed by atoms with E-state index in [0.29, 0.717) is 46.4 Å². The fourth-order valence-electron chi connectivity index (χ4n) is 4.14. The smallest absolute Gasteiger partial charge is 0.303 e. The Balaban J connectivity index is 1.64. The maximum atomic E-state index is 13.5. The van der Waals surface area contributed by atoms with Crippen LogP contribution in [0.3, 0.4) is 0 Å². The predicted octanol–water partition coefficient (Wildman–Crippen LogP) is 6.11. The number of nitrogens with zero attached hydrogens (tertiary/aromatic N) is 2. The van der Waals surface area contributed by atoms with Gasteiger partial charge in [-0.2, -0.15) is 0 Å². The van der Waals surface area contributed by atoms with E-state index in [4.69, 9.17) is 15.1 Å². The third kappa shape index (κ3) is 6.52. The van der Waals surface area contributed by atoms with Gasteiger partial charge in [0.15, 0.2) is 0 Å². The minimum Gasteiger partial charge on any atom is -0.481 e. The van der Waals surface area contributed by atoms with Gasteiger partial charge >= 0.3 is 5.97 Å². The van der Waals surface area contributed by atoms with Crippen LogP contribution in [-0.2, 0) is 11.2 Å². The van der Waals surface area contributed by atoms with Gasteiger partial charge < -0.3 is 10.4 Å². The zero-order chi connectivity index (χ0) is 26.5. The molecule has 0 radical (unpaired) electrons. The molecule has 0 aliphatic carbocycles. The van der Waals surface area contributed by atoms with Crippen LogP contribution in [-0.4, -0.2) is 27.0 Å². The van der Waals surface area contributed by atoms with Crippen molar-refractivity contribution in [1.82, 2.24) is 15.3 Å². The lowest BCUT2D eigenvalue weighted by atomic mass is 9.98. The summed E-state index contributed by atoms with van der Waals surface area (Å²) in [7, 11) is 0. The normalized spacial score (nSPS) is 12.8. The Bertz CT molecular complexity index is 1420. The topological polar surface area (TPSA) is 92.2 Å². The van der Waals surface area contributed by atoms with Crippen LogP contribution in [0.5, 0.6) is 0 Å². The van der Waals surface area contributed by atoms with Crippen molar-refractivity contribution in [1.29, 1.82) is 0 Å². The van der Waals surface area contributed by atoms with Crippen molar-refractivity contribution in [2.75, 3.05) is 0 Å². The Kier molecular flexibility index (Phi) is 7.86. The van der Waals surface area contributed by atoms with Gasteiger partial charge in [-0.15, -0.1) is 0 Å². The average Bonchev–Trinajstić information content (AvgIpc) is 2.87. The van der Waals surface area contributed by atoms with Crippen LogP contribution in [0.25, 0.3) is 22.3 Å².